The molecule has 16 nitrogen and oxygen atoms in total. The van der Waals surface area contributed by atoms with Crippen molar-refractivity contribution in [1.82, 2.24) is 20.0 Å². The summed E-state index contributed by atoms with van der Waals surface area (Å²) in [6.45, 7) is 14.0. The first-order valence-corrected chi connectivity index (χ1v) is 24.5. The Hall–Kier alpha value is -5.83. The fourth-order valence-electron chi connectivity index (χ4n) is 8.58. The standard InChI is InChI=1S/C47H60ClN10O6P/c1-32-24-36(11-13-38(32)47(63)58(31-60)33(2)10-15-44(61)51-30-59)57-27-34(28-57)46(62)56-22-20-55(21-23-56)35-16-18-54(19-17-35)37-12-14-40(42(25-37)64-3)52-45(39(48)26-50-29-49)53-41-8-6-7-9-43(41)65(4)5/h6-9,11-14,24-26,29-31,33-35H,10,15-23,27-28H2,1-5H3,(H2,49,50)(H,52,53)(H,51,59,61)/b39-26+. The van der Waals surface area contributed by atoms with Crippen LogP contribution < -0.4 is 36.2 Å². The molecule has 0 saturated carbocycles. The maximum Gasteiger partial charge on any atom is 0.260 e. The van der Waals surface area contributed by atoms with Gasteiger partial charge in [0.1, 0.15) is 16.5 Å². The molecule has 0 radical (unpaired) electrons. The van der Waals surface area contributed by atoms with Crippen molar-refractivity contribution in [3.63, 3.8) is 0 Å². The molecule has 0 bridgehead atoms. The smallest absolute Gasteiger partial charge is 0.260 e. The molecule has 3 saturated heterocycles. The molecular formula is C47H60ClN10O6P. The van der Waals surface area contributed by atoms with E-state index in [2.05, 4.69) is 55.8 Å². The van der Waals surface area contributed by atoms with Gasteiger partial charge in [0, 0.05) is 99.6 Å². The zero-order valence-corrected chi connectivity index (χ0v) is 39.4. The average molecular weight is 927 g/mol. The number of nitrogens with one attached hydrogen (secondary N) is 2. The summed E-state index contributed by atoms with van der Waals surface area (Å²) in [5.74, 6) is 0.219. The number of piperidine rings is 1. The molecule has 0 aliphatic carbocycles. The third-order valence-corrected chi connectivity index (χ3v) is 14.0. The van der Waals surface area contributed by atoms with Crippen LogP contribution in [0.5, 0.6) is 5.75 Å². The molecule has 3 aliphatic rings. The van der Waals surface area contributed by atoms with Crippen molar-refractivity contribution >= 4 is 90.3 Å². The van der Waals surface area contributed by atoms with Crippen LogP contribution in [0.1, 0.15) is 48.5 Å². The van der Waals surface area contributed by atoms with E-state index in [1.54, 1.807) is 20.1 Å². The van der Waals surface area contributed by atoms with Crippen molar-refractivity contribution in [2.45, 2.75) is 51.6 Å². The van der Waals surface area contributed by atoms with Crippen LogP contribution in [0.2, 0.25) is 0 Å². The number of hydrogen-bond acceptors (Lipinski definition) is 11. The van der Waals surface area contributed by atoms with Crippen LogP contribution in [-0.4, -0.2) is 142 Å². The van der Waals surface area contributed by atoms with Gasteiger partial charge < -0.3 is 30.5 Å². The van der Waals surface area contributed by atoms with Crippen LogP contribution in [-0.2, 0) is 19.2 Å². The van der Waals surface area contributed by atoms with E-state index in [0.717, 1.165) is 61.0 Å². The number of amidine groups is 1. The number of piperazine rings is 1. The van der Waals surface area contributed by atoms with Crippen LogP contribution in [0.25, 0.3) is 0 Å². The van der Waals surface area contributed by atoms with E-state index < -0.39 is 25.8 Å². The van der Waals surface area contributed by atoms with Gasteiger partial charge >= 0.3 is 0 Å². The van der Waals surface area contributed by atoms with Crippen LogP contribution in [0.15, 0.2) is 81.9 Å². The van der Waals surface area contributed by atoms with Crippen LogP contribution in [0, 0.1) is 12.8 Å². The molecule has 65 heavy (non-hydrogen) atoms. The lowest BCUT2D eigenvalue weighted by molar-refractivity contribution is -0.138. The van der Waals surface area contributed by atoms with E-state index in [1.165, 1.54) is 17.8 Å². The number of imide groups is 2. The van der Waals surface area contributed by atoms with Crippen molar-refractivity contribution in [3.05, 3.63) is 83.0 Å². The number of nitrogens with zero attached hydrogens (tertiary/aromatic N) is 7. The van der Waals surface area contributed by atoms with Gasteiger partial charge in [0.25, 0.3) is 5.91 Å². The quantitative estimate of drug-likeness (QED) is 0.0727. The number of aryl methyl sites for hydroxylation is 1. The second kappa shape index (κ2) is 22.9. The van der Waals surface area contributed by atoms with Crippen molar-refractivity contribution in [2.75, 3.05) is 87.9 Å². The number of amides is 5. The molecule has 18 heteroatoms. The first-order valence-electron chi connectivity index (χ1n) is 21.9. The number of nitrogens with two attached hydrogens (primary N) is 1. The van der Waals surface area contributed by atoms with E-state index in [9.17, 15) is 24.0 Å². The van der Waals surface area contributed by atoms with E-state index in [4.69, 9.17) is 27.1 Å². The zero-order chi connectivity index (χ0) is 46.6. The molecule has 6 rings (SSSR count). The maximum absolute atomic E-state index is 13.6. The summed E-state index contributed by atoms with van der Waals surface area (Å²) in [5.41, 5.74) is 10.1. The van der Waals surface area contributed by atoms with Gasteiger partial charge in [-0.2, -0.15) is 0 Å². The summed E-state index contributed by atoms with van der Waals surface area (Å²) in [4.78, 5) is 80.0. The number of para-hydroxylation sites is 1. The van der Waals surface area contributed by atoms with Gasteiger partial charge in [-0.25, -0.2) is 9.98 Å². The van der Waals surface area contributed by atoms with Crippen molar-refractivity contribution < 1.29 is 28.7 Å². The third-order valence-electron chi connectivity index (χ3n) is 12.4. The molecule has 5 amide bonds. The number of aliphatic imine (C=N–C) groups is 2. The van der Waals surface area contributed by atoms with E-state index in [0.29, 0.717) is 78.5 Å². The topological polar surface area (TPSA) is 186 Å². The molecular weight excluding hydrogens is 867 g/mol. The van der Waals surface area contributed by atoms with Gasteiger partial charge in [-0.15, -0.1) is 0 Å². The van der Waals surface area contributed by atoms with Gasteiger partial charge in [0.15, 0.2) is 5.84 Å². The number of anilines is 3. The van der Waals surface area contributed by atoms with Crippen molar-refractivity contribution in [3.8, 4) is 5.75 Å². The average Bonchev–Trinajstić information content (AvgIpc) is 3.30. The predicted molar refractivity (Wildman–Crippen MR) is 261 cm³/mol. The highest BCUT2D eigenvalue weighted by Gasteiger charge is 2.38. The monoisotopic (exact) mass is 926 g/mol. The van der Waals surface area contributed by atoms with Gasteiger partial charge in [-0.05, 0) is 93.7 Å². The normalized spacial score (nSPS) is 17.2. The molecule has 3 heterocycles. The minimum Gasteiger partial charge on any atom is -0.494 e. The SMILES string of the molecule is COc1cc(N2CCC(N3CCN(C(=O)C4CN(c5ccc(C(=O)N(C=O)C(C)CCC(=O)NC=O)c(C)c5)C4)CC3)CC2)ccc1N=C(Nc1ccccc1P(C)C)/C(Cl)=C\N=CN. The summed E-state index contributed by atoms with van der Waals surface area (Å²) >= 11 is 6.71. The zero-order valence-electron chi connectivity index (χ0n) is 37.8. The van der Waals surface area contributed by atoms with E-state index in [1.807, 2.05) is 54.3 Å². The van der Waals surface area contributed by atoms with Crippen molar-refractivity contribution in [2.24, 2.45) is 21.6 Å². The number of ether oxygens (including phenoxy) is 1. The highest BCUT2D eigenvalue weighted by Crippen LogP contribution is 2.36. The third kappa shape index (κ3) is 12.1. The van der Waals surface area contributed by atoms with Crippen LogP contribution in [0.4, 0.5) is 22.7 Å². The van der Waals surface area contributed by atoms with Gasteiger partial charge in [0.05, 0.1) is 25.6 Å². The lowest BCUT2D eigenvalue weighted by Crippen LogP contribution is -2.59. The molecule has 3 aromatic carbocycles. The highest BCUT2D eigenvalue weighted by molar-refractivity contribution is 7.64. The van der Waals surface area contributed by atoms with Crippen molar-refractivity contribution in [1.29, 1.82) is 0 Å². The summed E-state index contributed by atoms with van der Waals surface area (Å²) in [6.07, 6.45) is 5.68. The molecule has 3 fully saturated rings. The van der Waals surface area contributed by atoms with Crippen LogP contribution in [0.3, 0.4) is 0 Å². The summed E-state index contributed by atoms with van der Waals surface area (Å²) < 4.78 is 5.85. The number of carbonyl (C=O) groups excluding carboxylic acids is 5. The Morgan fingerprint density at radius 2 is 1.66 bits per heavy atom. The van der Waals surface area contributed by atoms with Crippen LogP contribution >= 0.6 is 19.5 Å². The Labute approximate surface area is 387 Å². The Balaban J connectivity index is 0.981. The number of carbonyl (C=O) groups is 5. The van der Waals surface area contributed by atoms with Gasteiger partial charge in [0.2, 0.25) is 24.6 Å². The molecule has 1 atom stereocenters. The van der Waals surface area contributed by atoms with Gasteiger partial charge in [-0.3, -0.25) is 39.1 Å². The highest BCUT2D eigenvalue weighted by atomic mass is 35.5. The van der Waals surface area contributed by atoms with E-state index in [-0.39, 0.29) is 24.7 Å². The molecule has 0 spiro atoms. The molecule has 4 N–H and O–H groups in total. The Bertz CT molecular complexity index is 2290. The first kappa shape index (κ1) is 48.6. The Morgan fingerprint density at radius 1 is 0.969 bits per heavy atom. The summed E-state index contributed by atoms with van der Waals surface area (Å²) in [6, 6.07) is 19.5. The first-order chi connectivity index (χ1) is 31.3. The number of halogens is 1. The van der Waals surface area contributed by atoms with E-state index >= 15 is 0 Å². The second-order valence-corrected chi connectivity index (χ2v) is 19.4. The molecule has 3 aliphatic heterocycles. The Morgan fingerprint density at radius 3 is 2.31 bits per heavy atom. The number of methoxy groups -OCH3 is 1. The molecule has 1 unspecified atom stereocenters. The molecule has 0 aromatic heterocycles. The minimum absolute atomic E-state index is 0.00427. The number of rotatable bonds is 17. The summed E-state index contributed by atoms with van der Waals surface area (Å²) in [5, 5.41) is 6.98. The minimum atomic E-state index is -0.536. The number of benzene rings is 3. The predicted octanol–water partition coefficient (Wildman–Crippen LogP) is 4.87. The van der Waals surface area contributed by atoms with Gasteiger partial charge in [-0.1, -0.05) is 37.7 Å². The second-order valence-electron chi connectivity index (χ2n) is 16.7. The fraction of sp³-hybridized carbons (Fsp3) is 0.426. The molecule has 346 valence electrons. The lowest BCUT2D eigenvalue weighted by Gasteiger charge is -2.46. The number of hydrogen-bond donors (Lipinski definition) is 3. The maximum atomic E-state index is 13.6. The summed E-state index contributed by atoms with van der Waals surface area (Å²) in [7, 11) is 1.25. The Kier molecular flexibility index (Phi) is 17.1. The molecule has 3 aromatic rings. The lowest BCUT2D eigenvalue weighted by atomic mass is 9.95. The largest absolute Gasteiger partial charge is 0.494 e. The fourth-order valence-corrected chi connectivity index (χ4v) is 9.72.